The maximum atomic E-state index is 12.6. The SMILES string of the molecule is CCCn1nc(C(=O)Nc2ccccc2NS(=O)(=O)c2ccccc2)ccc1=O. The Morgan fingerprint density at radius 2 is 1.62 bits per heavy atom. The lowest BCUT2D eigenvalue weighted by atomic mass is 10.2. The number of carbonyl (C=O) groups is 1. The van der Waals surface area contributed by atoms with E-state index >= 15 is 0 Å². The zero-order valence-corrected chi connectivity index (χ0v) is 16.5. The Morgan fingerprint density at radius 1 is 0.966 bits per heavy atom. The topological polar surface area (TPSA) is 110 Å². The Labute approximate surface area is 168 Å². The highest BCUT2D eigenvalue weighted by molar-refractivity contribution is 7.92. The number of amides is 1. The Morgan fingerprint density at radius 3 is 2.31 bits per heavy atom. The average Bonchev–Trinajstić information content (AvgIpc) is 2.71. The molecule has 0 saturated heterocycles. The van der Waals surface area contributed by atoms with Crippen LogP contribution >= 0.6 is 0 Å². The van der Waals surface area contributed by atoms with Crippen molar-refractivity contribution in [3.8, 4) is 0 Å². The van der Waals surface area contributed by atoms with E-state index in [4.69, 9.17) is 0 Å². The Hall–Kier alpha value is -3.46. The number of rotatable bonds is 7. The standard InChI is InChI=1S/C20H20N4O4S/c1-2-14-24-19(25)13-12-18(22-24)20(26)21-16-10-6-7-11-17(16)23-29(27,28)15-8-4-3-5-9-15/h3-13,23H,2,14H2,1H3,(H,21,26). The first-order valence-electron chi connectivity index (χ1n) is 8.97. The third-order valence-electron chi connectivity index (χ3n) is 4.01. The highest BCUT2D eigenvalue weighted by Gasteiger charge is 2.17. The first-order chi connectivity index (χ1) is 13.9. The fraction of sp³-hybridized carbons (Fsp3) is 0.150. The lowest BCUT2D eigenvalue weighted by molar-refractivity contribution is 0.102. The van der Waals surface area contributed by atoms with E-state index in [0.29, 0.717) is 13.0 Å². The van der Waals surface area contributed by atoms with Crippen molar-refractivity contribution in [2.45, 2.75) is 24.8 Å². The molecule has 150 valence electrons. The predicted molar refractivity (Wildman–Crippen MR) is 110 cm³/mol. The molecule has 8 nitrogen and oxygen atoms in total. The van der Waals surface area contributed by atoms with Gasteiger partial charge in [0.1, 0.15) is 5.69 Å². The van der Waals surface area contributed by atoms with Crippen LogP contribution in [0, 0.1) is 0 Å². The summed E-state index contributed by atoms with van der Waals surface area (Å²) >= 11 is 0. The number of hydrogen-bond acceptors (Lipinski definition) is 5. The van der Waals surface area contributed by atoms with Crippen LogP contribution in [-0.2, 0) is 16.6 Å². The van der Waals surface area contributed by atoms with Crippen LogP contribution in [0.3, 0.4) is 0 Å². The largest absolute Gasteiger partial charge is 0.319 e. The summed E-state index contributed by atoms with van der Waals surface area (Å²) in [6, 6.07) is 17.0. The smallest absolute Gasteiger partial charge is 0.276 e. The van der Waals surface area contributed by atoms with Gasteiger partial charge in [0.05, 0.1) is 16.3 Å². The lowest BCUT2D eigenvalue weighted by Gasteiger charge is -2.13. The molecular weight excluding hydrogens is 392 g/mol. The monoisotopic (exact) mass is 412 g/mol. The molecule has 1 amide bonds. The molecule has 0 fully saturated rings. The number of sulfonamides is 1. The molecule has 1 aromatic heterocycles. The van der Waals surface area contributed by atoms with Gasteiger partial charge in [0, 0.05) is 12.6 Å². The van der Waals surface area contributed by atoms with Crippen LogP contribution in [0.25, 0.3) is 0 Å². The zero-order valence-electron chi connectivity index (χ0n) is 15.7. The van der Waals surface area contributed by atoms with Crippen molar-refractivity contribution in [1.82, 2.24) is 9.78 Å². The zero-order chi connectivity index (χ0) is 20.9. The van der Waals surface area contributed by atoms with Gasteiger partial charge >= 0.3 is 0 Å². The molecule has 9 heteroatoms. The molecule has 0 atom stereocenters. The molecule has 2 N–H and O–H groups in total. The van der Waals surface area contributed by atoms with E-state index in [-0.39, 0.29) is 27.5 Å². The molecule has 3 aromatic rings. The van der Waals surface area contributed by atoms with Crippen LogP contribution < -0.4 is 15.6 Å². The summed E-state index contributed by atoms with van der Waals surface area (Å²) in [5.41, 5.74) is 0.247. The number of benzene rings is 2. The van der Waals surface area contributed by atoms with Crippen LogP contribution in [0.5, 0.6) is 0 Å². The minimum atomic E-state index is -3.82. The summed E-state index contributed by atoms with van der Waals surface area (Å²) in [4.78, 5) is 24.5. The van der Waals surface area contributed by atoms with Crippen molar-refractivity contribution in [1.29, 1.82) is 0 Å². The number of nitrogens with zero attached hydrogens (tertiary/aromatic N) is 2. The van der Waals surface area contributed by atoms with E-state index in [1.807, 2.05) is 6.92 Å². The van der Waals surface area contributed by atoms with Gasteiger partial charge in [0.25, 0.3) is 21.5 Å². The van der Waals surface area contributed by atoms with Crippen LogP contribution in [-0.4, -0.2) is 24.1 Å². The summed E-state index contributed by atoms with van der Waals surface area (Å²) in [5.74, 6) is -0.554. The van der Waals surface area contributed by atoms with E-state index < -0.39 is 15.9 Å². The van der Waals surface area contributed by atoms with Gasteiger partial charge in [-0.25, -0.2) is 13.1 Å². The number of aromatic nitrogens is 2. The molecule has 29 heavy (non-hydrogen) atoms. The van der Waals surface area contributed by atoms with Crippen LogP contribution in [0.2, 0.25) is 0 Å². The van der Waals surface area contributed by atoms with Crippen molar-refractivity contribution >= 4 is 27.3 Å². The second kappa shape index (κ2) is 8.70. The summed E-state index contributed by atoms with van der Waals surface area (Å²) in [5, 5.41) is 6.71. The molecule has 0 bridgehead atoms. The van der Waals surface area contributed by atoms with Gasteiger partial charge in [-0.2, -0.15) is 5.10 Å². The highest BCUT2D eigenvalue weighted by Crippen LogP contribution is 2.24. The minimum Gasteiger partial charge on any atom is -0.319 e. The second-order valence-corrected chi connectivity index (χ2v) is 7.88. The van der Waals surface area contributed by atoms with Gasteiger partial charge in [0.2, 0.25) is 0 Å². The van der Waals surface area contributed by atoms with Gasteiger partial charge in [-0.3, -0.25) is 14.3 Å². The average molecular weight is 412 g/mol. The minimum absolute atomic E-state index is 0.0544. The predicted octanol–water partition coefficient (Wildman–Crippen LogP) is 2.71. The van der Waals surface area contributed by atoms with Crippen LogP contribution in [0.1, 0.15) is 23.8 Å². The Bertz CT molecular complexity index is 1170. The highest BCUT2D eigenvalue weighted by atomic mass is 32.2. The molecular formula is C20H20N4O4S. The number of para-hydroxylation sites is 2. The van der Waals surface area contributed by atoms with E-state index in [2.05, 4.69) is 15.1 Å². The molecule has 0 aliphatic heterocycles. The maximum Gasteiger partial charge on any atom is 0.276 e. The molecule has 0 saturated carbocycles. The molecule has 0 unspecified atom stereocenters. The second-order valence-electron chi connectivity index (χ2n) is 6.20. The summed E-state index contributed by atoms with van der Waals surface area (Å²) in [6.07, 6.45) is 0.697. The number of anilines is 2. The first kappa shape index (κ1) is 20.3. The maximum absolute atomic E-state index is 12.6. The van der Waals surface area contributed by atoms with E-state index in [9.17, 15) is 18.0 Å². The molecule has 0 aliphatic rings. The molecule has 0 aliphatic carbocycles. The van der Waals surface area contributed by atoms with Gasteiger partial charge in [-0.15, -0.1) is 0 Å². The lowest BCUT2D eigenvalue weighted by Crippen LogP contribution is -2.26. The van der Waals surface area contributed by atoms with Crippen molar-refractivity contribution in [3.05, 3.63) is 82.8 Å². The summed E-state index contributed by atoms with van der Waals surface area (Å²) in [6.45, 7) is 2.30. The number of nitrogens with one attached hydrogen (secondary N) is 2. The van der Waals surface area contributed by atoms with E-state index in [1.54, 1.807) is 42.5 Å². The van der Waals surface area contributed by atoms with Crippen LogP contribution in [0.15, 0.2) is 76.4 Å². The van der Waals surface area contributed by atoms with E-state index in [0.717, 1.165) is 0 Å². The molecule has 3 rings (SSSR count). The first-order valence-corrected chi connectivity index (χ1v) is 10.5. The molecule has 2 aromatic carbocycles. The van der Waals surface area contributed by atoms with Crippen molar-refractivity contribution in [2.75, 3.05) is 10.0 Å². The van der Waals surface area contributed by atoms with Crippen LogP contribution in [0.4, 0.5) is 11.4 Å². The third-order valence-corrected chi connectivity index (χ3v) is 5.39. The van der Waals surface area contributed by atoms with Crippen molar-refractivity contribution < 1.29 is 13.2 Å². The quantitative estimate of drug-likeness (QED) is 0.620. The van der Waals surface area contributed by atoms with Gasteiger partial charge in [-0.1, -0.05) is 37.3 Å². The molecule has 0 radical (unpaired) electrons. The van der Waals surface area contributed by atoms with E-state index in [1.165, 1.54) is 28.9 Å². The van der Waals surface area contributed by atoms with Gasteiger partial charge in [0.15, 0.2) is 0 Å². The van der Waals surface area contributed by atoms with Gasteiger partial charge in [-0.05, 0) is 36.8 Å². The number of hydrogen-bond donors (Lipinski definition) is 2. The number of aryl methyl sites for hydroxylation is 1. The van der Waals surface area contributed by atoms with Crippen molar-refractivity contribution in [2.24, 2.45) is 0 Å². The van der Waals surface area contributed by atoms with Gasteiger partial charge < -0.3 is 5.32 Å². The fourth-order valence-electron chi connectivity index (χ4n) is 2.61. The Kier molecular flexibility index (Phi) is 6.08. The number of carbonyl (C=O) groups excluding carboxylic acids is 1. The normalized spacial score (nSPS) is 11.1. The summed E-state index contributed by atoms with van der Waals surface area (Å²) < 4.78 is 28.9. The summed E-state index contributed by atoms with van der Waals surface area (Å²) in [7, 11) is -3.82. The Balaban J connectivity index is 1.85. The van der Waals surface area contributed by atoms with Crippen molar-refractivity contribution in [3.63, 3.8) is 0 Å². The molecule has 1 heterocycles. The fourth-order valence-corrected chi connectivity index (χ4v) is 3.71. The third kappa shape index (κ3) is 4.88. The molecule has 0 spiro atoms.